The van der Waals surface area contributed by atoms with Crippen molar-refractivity contribution in [2.24, 2.45) is 15.4 Å². The molecule has 0 aromatic heterocycles. The van der Waals surface area contributed by atoms with Crippen molar-refractivity contribution in [2.45, 2.75) is 0 Å². The topological polar surface area (TPSA) is 87.9 Å². The fourth-order valence-corrected chi connectivity index (χ4v) is 1.97. The van der Waals surface area contributed by atoms with E-state index in [0.29, 0.717) is 28.3 Å². The number of benzene rings is 2. The van der Waals surface area contributed by atoms with Gasteiger partial charge in [-0.1, -0.05) is 5.22 Å². The maximum Gasteiger partial charge on any atom is 0.271 e. The number of hydrogen-bond donors (Lipinski definition) is 1. The van der Waals surface area contributed by atoms with Crippen molar-refractivity contribution in [1.29, 1.82) is 0 Å². The molecule has 1 amide bonds. The van der Waals surface area contributed by atoms with Crippen LogP contribution in [0, 0.1) is 0 Å². The number of hydrogen-bond acceptors (Lipinski definition) is 6. The number of amides is 1. The van der Waals surface area contributed by atoms with Crippen LogP contribution in [0.15, 0.2) is 57.9 Å². The van der Waals surface area contributed by atoms with Gasteiger partial charge in [0.2, 0.25) is 0 Å². The third kappa shape index (κ3) is 5.30. The maximum atomic E-state index is 12.1. The highest BCUT2D eigenvalue weighted by Crippen LogP contribution is 2.23. The van der Waals surface area contributed by atoms with Crippen LogP contribution in [0.3, 0.4) is 0 Å². The van der Waals surface area contributed by atoms with Gasteiger partial charge in [-0.25, -0.2) is 5.43 Å². The van der Waals surface area contributed by atoms with E-state index in [2.05, 4.69) is 20.9 Å². The number of methoxy groups -OCH3 is 2. The zero-order valence-corrected chi connectivity index (χ0v) is 15.1. The van der Waals surface area contributed by atoms with Crippen molar-refractivity contribution in [3.05, 3.63) is 53.6 Å². The lowest BCUT2D eigenvalue weighted by Gasteiger charge is -2.07. The Bertz CT molecular complexity index is 801. The zero-order valence-electron chi connectivity index (χ0n) is 15.1. The van der Waals surface area contributed by atoms with Crippen molar-refractivity contribution in [1.82, 2.24) is 10.4 Å². The minimum Gasteiger partial charge on any atom is -0.497 e. The average Bonchev–Trinajstić information content (AvgIpc) is 2.66. The van der Waals surface area contributed by atoms with E-state index in [0.717, 1.165) is 0 Å². The van der Waals surface area contributed by atoms with Gasteiger partial charge in [-0.2, -0.15) is 5.10 Å². The van der Waals surface area contributed by atoms with Crippen LogP contribution in [0.25, 0.3) is 0 Å². The lowest BCUT2D eigenvalue weighted by Crippen LogP contribution is -2.17. The van der Waals surface area contributed by atoms with Crippen LogP contribution in [0.1, 0.15) is 15.9 Å². The van der Waals surface area contributed by atoms with Gasteiger partial charge in [0.05, 0.1) is 26.1 Å². The summed E-state index contributed by atoms with van der Waals surface area (Å²) in [6.07, 6.45) is 1.51. The van der Waals surface area contributed by atoms with Crippen LogP contribution in [-0.4, -0.2) is 45.4 Å². The molecule has 0 heterocycles. The normalized spacial score (nSPS) is 10.9. The molecule has 8 heteroatoms. The average molecular weight is 355 g/mol. The van der Waals surface area contributed by atoms with Gasteiger partial charge in [-0.05, 0) is 36.4 Å². The van der Waals surface area contributed by atoms with Gasteiger partial charge in [-0.15, -0.1) is 5.11 Å². The van der Waals surface area contributed by atoms with Crippen molar-refractivity contribution in [3.8, 4) is 11.5 Å². The fraction of sp³-hybridized carbons (Fsp3) is 0.222. The smallest absolute Gasteiger partial charge is 0.271 e. The highest BCUT2D eigenvalue weighted by molar-refractivity contribution is 5.95. The Labute approximate surface area is 152 Å². The minimum atomic E-state index is -0.329. The van der Waals surface area contributed by atoms with Crippen molar-refractivity contribution < 1.29 is 14.3 Å². The van der Waals surface area contributed by atoms with Crippen LogP contribution in [0.2, 0.25) is 0 Å². The van der Waals surface area contributed by atoms with Gasteiger partial charge in [0.25, 0.3) is 5.91 Å². The SMILES string of the molecule is COc1ccc(/C=N/NC(=O)c2ccc(N=NN(C)C)cc2)c(OC)c1. The molecule has 2 rings (SSSR count). The number of carbonyl (C=O) groups excluding carboxylic acids is 1. The van der Waals surface area contributed by atoms with Gasteiger partial charge in [0, 0.05) is 31.3 Å². The molecule has 0 aliphatic heterocycles. The first-order valence-corrected chi connectivity index (χ1v) is 7.78. The molecular formula is C18H21N5O3. The summed E-state index contributed by atoms with van der Waals surface area (Å²) in [5.41, 5.74) is 4.31. The molecule has 0 bridgehead atoms. The molecule has 0 fully saturated rings. The van der Waals surface area contributed by atoms with Crippen LogP contribution in [0.4, 0.5) is 5.69 Å². The van der Waals surface area contributed by atoms with Crippen molar-refractivity contribution in [2.75, 3.05) is 28.3 Å². The second kappa shape index (κ2) is 9.16. The molecule has 1 N–H and O–H groups in total. The summed E-state index contributed by atoms with van der Waals surface area (Å²) in [4.78, 5) is 12.1. The maximum absolute atomic E-state index is 12.1. The van der Waals surface area contributed by atoms with Gasteiger partial charge in [-0.3, -0.25) is 9.80 Å². The van der Waals surface area contributed by atoms with Crippen LogP contribution in [0.5, 0.6) is 11.5 Å². The largest absolute Gasteiger partial charge is 0.497 e. The number of nitrogens with zero attached hydrogens (tertiary/aromatic N) is 4. The Balaban J connectivity index is 2.01. The predicted molar refractivity (Wildman–Crippen MR) is 99.3 cm³/mol. The molecule has 0 unspecified atom stereocenters. The summed E-state index contributed by atoms with van der Waals surface area (Å²) in [5, 5.41) is 13.5. The molecule has 0 saturated carbocycles. The van der Waals surface area contributed by atoms with E-state index in [-0.39, 0.29) is 5.91 Å². The van der Waals surface area contributed by atoms with Gasteiger partial charge < -0.3 is 9.47 Å². The third-order valence-corrected chi connectivity index (χ3v) is 3.28. The highest BCUT2D eigenvalue weighted by Gasteiger charge is 2.05. The fourth-order valence-electron chi connectivity index (χ4n) is 1.97. The Morgan fingerprint density at radius 3 is 2.42 bits per heavy atom. The van der Waals surface area contributed by atoms with E-state index >= 15 is 0 Å². The molecule has 0 aliphatic rings. The van der Waals surface area contributed by atoms with E-state index in [1.807, 2.05) is 0 Å². The second-order valence-electron chi connectivity index (χ2n) is 5.39. The third-order valence-electron chi connectivity index (χ3n) is 3.28. The molecule has 26 heavy (non-hydrogen) atoms. The molecular weight excluding hydrogens is 334 g/mol. The molecule has 8 nitrogen and oxygen atoms in total. The molecule has 136 valence electrons. The number of hydrazone groups is 1. The lowest BCUT2D eigenvalue weighted by atomic mass is 10.2. The monoisotopic (exact) mass is 355 g/mol. The molecule has 0 aliphatic carbocycles. The van der Waals surface area contributed by atoms with E-state index in [1.165, 1.54) is 6.21 Å². The number of nitrogens with one attached hydrogen (secondary N) is 1. The molecule has 2 aromatic rings. The molecule has 0 spiro atoms. The van der Waals surface area contributed by atoms with E-state index in [4.69, 9.17) is 9.47 Å². The first-order valence-electron chi connectivity index (χ1n) is 7.78. The quantitative estimate of drug-likeness (QED) is 0.470. The second-order valence-corrected chi connectivity index (χ2v) is 5.39. The molecule has 2 aromatic carbocycles. The van der Waals surface area contributed by atoms with E-state index in [1.54, 1.807) is 75.8 Å². The van der Waals surface area contributed by atoms with Crippen LogP contribution in [-0.2, 0) is 0 Å². The van der Waals surface area contributed by atoms with Gasteiger partial charge >= 0.3 is 0 Å². The summed E-state index contributed by atoms with van der Waals surface area (Å²) in [7, 11) is 6.69. The number of carbonyl (C=O) groups is 1. The summed E-state index contributed by atoms with van der Waals surface area (Å²) in [5.74, 6) is 0.942. The zero-order chi connectivity index (χ0) is 18.9. The summed E-state index contributed by atoms with van der Waals surface area (Å²) >= 11 is 0. The standard InChI is InChI=1S/C18H21N5O3/c1-23(2)22-20-15-8-5-13(6-9-15)18(24)21-19-12-14-7-10-16(25-3)11-17(14)26-4/h5-12H,1-4H3,(H,21,24)/b19-12+,22-20?. The van der Waals surface area contributed by atoms with E-state index < -0.39 is 0 Å². The van der Waals surface area contributed by atoms with Gasteiger partial charge in [0.1, 0.15) is 11.5 Å². The molecule has 0 saturated heterocycles. The predicted octanol–water partition coefficient (Wildman–Crippen LogP) is 3.03. The summed E-state index contributed by atoms with van der Waals surface area (Å²) in [6.45, 7) is 0. The van der Waals surface area contributed by atoms with Crippen molar-refractivity contribution in [3.63, 3.8) is 0 Å². The van der Waals surface area contributed by atoms with E-state index in [9.17, 15) is 4.79 Å². The minimum absolute atomic E-state index is 0.329. The summed E-state index contributed by atoms with van der Waals surface area (Å²) < 4.78 is 10.4. The lowest BCUT2D eigenvalue weighted by molar-refractivity contribution is 0.0955. The Kier molecular flexibility index (Phi) is 6.67. The van der Waals surface area contributed by atoms with Crippen LogP contribution >= 0.6 is 0 Å². The summed E-state index contributed by atoms with van der Waals surface area (Å²) in [6, 6.07) is 12.0. The van der Waals surface area contributed by atoms with Gasteiger partial charge in [0.15, 0.2) is 0 Å². The Hall–Kier alpha value is -3.42. The molecule has 0 radical (unpaired) electrons. The first-order chi connectivity index (χ1) is 12.5. The Morgan fingerprint density at radius 1 is 1.08 bits per heavy atom. The molecule has 0 atom stereocenters. The Morgan fingerprint density at radius 2 is 1.81 bits per heavy atom. The number of rotatable bonds is 7. The van der Waals surface area contributed by atoms with Crippen molar-refractivity contribution >= 4 is 17.8 Å². The van der Waals surface area contributed by atoms with Crippen LogP contribution < -0.4 is 14.9 Å². The highest BCUT2D eigenvalue weighted by atomic mass is 16.5. The number of ether oxygens (including phenoxy) is 2. The first kappa shape index (κ1) is 18.9.